The first kappa shape index (κ1) is 23.5. The molecule has 0 N–H and O–H groups in total. The van der Waals surface area contributed by atoms with E-state index in [1.807, 2.05) is 74.6 Å². The van der Waals surface area contributed by atoms with Crippen molar-refractivity contribution in [3.8, 4) is 0 Å². The summed E-state index contributed by atoms with van der Waals surface area (Å²) >= 11 is 0. The van der Waals surface area contributed by atoms with Gasteiger partial charge in [-0.15, -0.1) is 17.0 Å². The predicted octanol–water partition coefficient (Wildman–Crippen LogP) is 5.80. The van der Waals surface area contributed by atoms with Crippen LogP contribution >= 0.6 is 17.0 Å². The van der Waals surface area contributed by atoms with Gasteiger partial charge in [0.25, 0.3) is 0 Å². The molecule has 0 amide bonds. The second kappa shape index (κ2) is 13.8. The molecule has 0 fully saturated rings. The van der Waals surface area contributed by atoms with Crippen LogP contribution < -0.4 is 0 Å². The number of aryl methyl sites for hydroxylation is 1. The van der Waals surface area contributed by atoms with Crippen LogP contribution in [-0.4, -0.2) is 31.8 Å². The fourth-order valence-electron chi connectivity index (χ4n) is 2.45. The Labute approximate surface area is 164 Å². The quantitative estimate of drug-likeness (QED) is 0.428. The highest BCUT2D eigenvalue weighted by atomic mass is 79.9. The maximum atomic E-state index is 12.6. The highest BCUT2D eigenvalue weighted by Crippen LogP contribution is 2.17. The predicted molar refractivity (Wildman–Crippen MR) is 114 cm³/mol. The SMILES string of the molecule is Br.CCCCCCc1ccccc1C(=O)c1ccccc1.CN(C)C. The van der Waals surface area contributed by atoms with Gasteiger partial charge < -0.3 is 4.90 Å². The van der Waals surface area contributed by atoms with Gasteiger partial charge in [0.05, 0.1) is 0 Å². The van der Waals surface area contributed by atoms with Crippen LogP contribution in [0.4, 0.5) is 0 Å². The number of halogens is 1. The minimum atomic E-state index is 0. The standard InChI is InChI=1S/C19H22O.C3H9N.BrH/c1-2-3-4-6-11-16-12-9-10-15-18(16)19(20)17-13-7-5-8-14-17;1-4(2)3;/h5,7-10,12-15H,2-4,6,11H2,1H3;1-3H3;1H. The van der Waals surface area contributed by atoms with Gasteiger partial charge in [-0.1, -0.05) is 80.8 Å². The van der Waals surface area contributed by atoms with Crippen LogP contribution in [0.5, 0.6) is 0 Å². The zero-order valence-electron chi connectivity index (χ0n) is 16.0. The number of hydrogen-bond acceptors (Lipinski definition) is 2. The summed E-state index contributed by atoms with van der Waals surface area (Å²) in [6.07, 6.45) is 5.91. The number of rotatable bonds is 7. The van der Waals surface area contributed by atoms with E-state index in [0.717, 1.165) is 24.0 Å². The van der Waals surface area contributed by atoms with Crippen LogP contribution in [0, 0.1) is 0 Å². The van der Waals surface area contributed by atoms with Gasteiger partial charge in [-0.2, -0.15) is 0 Å². The van der Waals surface area contributed by atoms with E-state index in [-0.39, 0.29) is 22.8 Å². The van der Waals surface area contributed by atoms with E-state index in [1.54, 1.807) is 0 Å². The maximum absolute atomic E-state index is 12.6. The van der Waals surface area contributed by atoms with Gasteiger partial charge in [0.1, 0.15) is 0 Å². The van der Waals surface area contributed by atoms with E-state index in [1.165, 1.54) is 24.8 Å². The first-order valence-corrected chi connectivity index (χ1v) is 8.84. The highest BCUT2D eigenvalue weighted by Gasteiger charge is 2.12. The Hall–Kier alpha value is -1.45. The fraction of sp³-hybridized carbons (Fsp3) is 0.409. The third-order valence-electron chi connectivity index (χ3n) is 3.60. The van der Waals surface area contributed by atoms with Gasteiger partial charge >= 0.3 is 0 Å². The molecule has 0 saturated carbocycles. The molecule has 25 heavy (non-hydrogen) atoms. The molecule has 0 saturated heterocycles. The molecule has 0 atom stereocenters. The van der Waals surface area contributed by atoms with Crippen LogP contribution in [0.25, 0.3) is 0 Å². The van der Waals surface area contributed by atoms with E-state index >= 15 is 0 Å². The van der Waals surface area contributed by atoms with Crippen molar-refractivity contribution in [3.63, 3.8) is 0 Å². The van der Waals surface area contributed by atoms with Gasteiger partial charge in [-0.3, -0.25) is 4.79 Å². The van der Waals surface area contributed by atoms with Gasteiger partial charge in [-0.25, -0.2) is 0 Å². The Kier molecular flexibility index (Phi) is 13.0. The van der Waals surface area contributed by atoms with E-state index in [0.29, 0.717) is 0 Å². The van der Waals surface area contributed by atoms with E-state index in [9.17, 15) is 4.79 Å². The van der Waals surface area contributed by atoms with Crippen LogP contribution in [0.15, 0.2) is 54.6 Å². The number of carbonyl (C=O) groups is 1. The van der Waals surface area contributed by atoms with Crippen molar-refractivity contribution in [3.05, 3.63) is 71.3 Å². The zero-order chi connectivity index (χ0) is 17.8. The Bertz CT molecular complexity index is 593. The van der Waals surface area contributed by atoms with Crippen molar-refractivity contribution in [1.82, 2.24) is 4.90 Å². The minimum absolute atomic E-state index is 0. The summed E-state index contributed by atoms with van der Waals surface area (Å²) in [5.41, 5.74) is 2.81. The molecule has 2 nitrogen and oxygen atoms in total. The van der Waals surface area contributed by atoms with Crippen molar-refractivity contribution < 1.29 is 4.79 Å². The Balaban J connectivity index is 0.00000104. The molecule has 2 aromatic carbocycles. The highest BCUT2D eigenvalue weighted by molar-refractivity contribution is 8.93. The topological polar surface area (TPSA) is 20.3 Å². The van der Waals surface area contributed by atoms with Crippen LogP contribution in [-0.2, 0) is 6.42 Å². The number of nitrogens with zero attached hydrogens (tertiary/aromatic N) is 1. The van der Waals surface area contributed by atoms with Crippen LogP contribution in [0.2, 0.25) is 0 Å². The third kappa shape index (κ3) is 9.57. The molecule has 0 unspecified atom stereocenters. The van der Waals surface area contributed by atoms with Gasteiger partial charge in [0, 0.05) is 11.1 Å². The fourth-order valence-corrected chi connectivity index (χ4v) is 2.45. The number of hydrogen-bond donors (Lipinski definition) is 0. The maximum Gasteiger partial charge on any atom is 0.193 e. The molecule has 2 rings (SSSR count). The summed E-state index contributed by atoms with van der Waals surface area (Å²) in [7, 11) is 6.00. The summed E-state index contributed by atoms with van der Waals surface area (Å²) in [6.45, 7) is 2.22. The normalized spacial score (nSPS) is 9.80. The molecule has 0 spiro atoms. The third-order valence-corrected chi connectivity index (χ3v) is 3.60. The van der Waals surface area contributed by atoms with E-state index < -0.39 is 0 Å². The van der Waals surface area contributed by atoms with Crippen molar-refractivity contribution in [2.75, 3.05) is 21.1 Å². The molecule has 2 aromatic rings. The molecule has 3 heteroatoms. The number of carbonyl (C=O) groups excluding carboxylic acids is 1. The van der Waals surface area contributed by atoms with Crippen molar-refractivity contribution in [1.29, 1.82) is 0 Å². The first-order valence-electron chi connectivity index (χ1n) is 8.84. The number of unbranched alkanes of at least 4 members (excludes halogenated alkanes) is 3. The largest absolute Gasteiger partial charge is 0.312 e. The Morgan fingerprint density at radius 3 is 2.00 bits per heavy atom. The molecule has 138 valence electrons. The number of ketones is 1. The average Bonchev–Trinajstić information content (AvgIpc) is 2.59. The molecule has 0 aliphatic heterocycles. The molecule has 0 aliphatic carbocycles. The molecule has 0 heterocycles. The summed E-state index contributed by atoms with van der Waals surface area (Å²) in [6, 6.07) is 17.5. The molecule has 0 aromatic heterocycles. The molecular weight excluding hydrogens is 374 g/mol. The van der Waals surface area contributed by atoms with Crippen molar-refractivity contribution in [2.24, 2.45) is 0 Å². The summed E-state index contributed by atoms with van der Waals surface area (Å²) in [4.78, 5) is 14.6. The lowest BCUT2D eigenvalue weighted by Crippen LogP contribution is -2.05. The van der Waals surface area contributed by atoms with E-state index in [4.69, 9.17) is 0 Å². The summed E-state index contributed by atoms with van der Waals surface area (Å²) in [5.74, 6) is 0.136. The molecular formula is C22H32BrNO. The Morgan fingerprint density at radius 2 is 1.40 bits per heavy atom. The average molecular weight is 406 g/mol. The lowest BCUT2D eigenvalue weighted by atomic mass is 9.95. The zero-order valence-corrected chi connectivity index (χ0v) is 17.7. The molecule has 0 bridgehead atoms. The van der Waals surface area contributed by atoms with Crippen molar-refractivity contribution >= 4 is 22.8 Å². The Morgan fingerprint density at radius 1 is 0.840 bits per heavy atom. The summed E-state index contributed by atoms with van der Waals surface area (Å²) < 4.78 is 0. The minimum Gasteiger partial charge on any atom is -0.312 e. The van der Waals surface area contributed by atoms with Crippen LogP contribution in [0.1, 0.15) is 54.1 Å². The smallest absolute Gasteiger partial charge is 0.193 e. The second-order valence-electron chi connectivity index (χ2n) is 6.50. The monoisotopic (exact) mass is 405 g/mol. The van der Waals surface area contributed by atoms with Gasteiger partial charge in [0.2, 0.25) is 0 Å². The first-order chi connectivity index (χ1) is 11.6. The van der Waals surface area contributed by atoms with Crippen molar-refractivity contribution in [2.45, 2.75) is 39.0 Å². The van der Waals surface area contributed by atoms with E-state index in [2.05, 4.69) is 13.0 Å². The van der Waals surface area contributed by atoms with Gasteiger partial charge in [-0.05, 0) is 39.5 Å². The lowest BCUT2D eigenvalue weighted by molar-refractivity contribution is 0.103. The molecule has 0 aliphatic rings. The number of benzene rings is 2. The summed E-state index contributed by atoms with van der Waals surface area (Å²) in [5, 5.41) is 0. The van der Waals surface area contributed by atoms with Gasteiger partial charge in [0.15, 0.2) is 5.78 Å². The second-order valence-corrected chi connectivity index (χ2v) is 6.50. The lowest BCUT2D eigenvalue weighted by Gasteiger charge is -2.08. The molecule has 0 radical (unpaired) electrons. The van der Waals surface area contributed by atoms with Crippen LogP contribution in [0.3, 0.4) is 0 Å².